The largest absolute Gasteiger partial charge is 0.313 e. The van der Waals surface area contributed by atoms with E-state index in [1.54, 1.807) is 0 Å². The third-order valence-electron chi connectivity index (χ3n) is 5.56. The summed E-state index contributed by atoms with van der Waals surface area (Å²) in [7, 11) is 0. The molecule has 0 saturated heterocycles. The molecule has 3 rings (SSSR count). The van der Waals surface area contributed by atoms with Gasteiger partial charge in [-0.2, -0.15) is 0 Å². The Morgan fingerprint density at radius 3 is 2.47 bits per heavy atom. The van der Waals surface area contributed by atoms with Crippen molar-refractivity contribution < 1.29 is 0 Å². The molecule has 1 heteroatoms. The molecule has 1 aromatic carbocycles. The second-order valence-electron chi connectivity index (χ2n) is 6.73. The van der Waals surface area contributed by atoms with Crippen molar-refractivity contribution in [3.8, 4) is 0 Å². The average Bonchev–Trinajstić information content (AvgIpc) is 2.48. The maximum atomic E-state index is 3.88. The van der Waals surface area contributed by atoms with Crippen LogP contribution in [0, 0.1) is 5.41 Å². The molecule has 0 aromatic heterocycles. The van der Waals surface area contributed by atoms with Crippen LogP contribution < -0.4 is 5.32 Å². The van der Waals surface area contributed by atoms with Gasteiger partial charge in [0.05, 0.1) is 0 Å². The zero-order valence-electron chi connectivity index (χ0n) is 12.2. The Hall–Kier alpha value is -0.820. The van der Waals surface area contributed by atoms with Gasteiger partial charge in [-0.1, -0.05) is 56.5 Å². The van der Waals surface area contributed by atoms with Gasteiger partial charge in [0.15, 0.2) is 0 Å². The standard InChI is InChI=1S/C18H27N/c1-15(16-8-4-2-5-9-16)14-19-17-10-13-18(17)11-6-3-7-12-18/h2,4-5,8-9,15,17,19H,3,6-7,10-14H2,1H3. The average molecular weight is 257 g/mol. The van der Waals surface area contributed by atoms with Gasteiger partial charge in [0, 0.05) is 12.6 Å². The van der Waals surface area contributed by atoms with Crippen LogP contribution in [-0.2, 0) is 0 Å². The Morgan fingerprint density at radius 1 is 1.11 bits per heavy atom. The lowest BCUT2D eigenvalue weighted by Crippen LogP contribution is -2.54. The topological polar surface area (TPSA) is 12.0 Å². The highest BCUT2D eigenvalue weighted by Gasteiger charge is 2.46. The maximum Gasteiger partial charge on any atom is 0.0124 e. The molecule has 0 bridgehead atoms. The minimum Gasteiger partial charge on any atom is -0.313 e. The van der Waals surface area contributed by atoms with Gasteiger partial charge in [-0.25, -0.2) is 0 Å². The van der Waals surface area contributed by atoms with Gasteiger partial charge in [-0.15, -0.1) is 0 Å². The van der Waals surface area contributed by atoms with Crippen molar-refractivity contribution in [3.63, 3.8) is 0 Å². The Morgan fingerprint density at radius 2 is 1.84 bits per heavy atom. The van der Waals surface area contributed by atoms with Crippen molar-refractivity contribution in [2.24, 2.45) is 5.41 Å². The van der Waals surface area contributed by atoms with E-state index in [1.165, 1.54) is 50.5 Å². The van der Waals surface area contributed by atoms with E-state index in [0.29, 0.717) is 11.3 Å². The fraction of sp³-hybridized carbons (Fsp3) is 0.667. The van der Waals surface area contributed by atoms with Gasteiger partial charge in [0.1, 0.15) is 0 Å². The van der Waals surface area contributed by atoms with E-state index >= 15 is 0 Å². The first-order valence-electron chi connectivity index (χ1n) is 8.08. The first kappa shape index (κ1) is 13.2. The Bertz CT molecular complexity index is 391. The smallest absolute Gasteiger partial charge is 0.0124 e. The zero-order valence-corrected chi connectivity index (χ0v) is 12.2. The number of hydrogen-bond acceptors (Lipinski definition) is 1. The summed E-state index contributed by atoms with van der Waals surface area (Å²) in [4.78, 5) is 0. The summed E-state index contributed by atoms with van der Waals surface area (Å²) >= 11 is 0. The third-order valence-corrected chi connectivity index (χ3v) is 5.56. The first-order chi connectivity index (χ1) is 9.30. The Balaban J connectivity index is 1.52. The molecule has 2 aliphatic carbocycles. The fourth-order valence-corrected chi connectivity index (χ4v) is 4.09. The lowest BCUT2D eigenvalue weighted by atomic mass is 9.57. The summed E-state index contributed by atoms with van der Waals surface area (Å²) in [6.45, 7) is 3.48. The minimum absolute atomic E-state index is 0.627. The number of hydrogen-bond donors (Lipinski definition) is 1. The molecule has 2 unspecified atom stereocenters. The van der Waals surface area contributed by atoms with Crippen LogP contribution >= 0.6 is 0 Å². The van der Waals surface area contributed by atoms with Crippen LogP contribution in [0.5, 0.6) is 0 Å². The second kappa shape index (κ2) is 5.66. The monoisotopic (exact) mass is 257 g/mol. The fourth-order valence-electron chi connectivity index (χ4n) is 4.09. The lowest BCUT2D eigenvalue weighted by molar-refractivity contribution is 0.0227. The van der Waals surface area contributed by atoms with E-state index in [-0.39, 0.29) is 0 Å². The molecule has 1 nitrogen and oxygen atoms in total. The van der Waals surface area contributed by atoms with E-state index in [0.717, 1.165) is 12.6 Å². The number of rotatable bonds is 4. The molecule has 2 saturated carbocycles. The van der Waals surface area contributed by atoms with E-state index in [1.807, 2.05) is 0 Å². The summed E-state index contributed by atoms with van der Waals surface area (Å²) in [5, 5.41) is 3.88. The van der Waals surface area contributed by atoms with Gasteiger partial charge < -0.3 is 5.32 Å². The molecular weight excluding hydrogens is 230 g/mol. The molecule has 1 aromatic rings. The van der Waals surface area contributed by atoms with Crippen molar-refractivity contribution >= 4 is 0 Å². The van der Waals surface area contributed by atoms with Gasteiger partial charge >= 0.3 is 0 Å². The molecule has 19 heavy (non-hydrogen) atoms. The molecule has 0 radical (unpaired) electrons. The SMILES string of the molecule is CC(CNC1CCC12CCCCC2)c1ccccc1. The molecule has 2 atom stereocenters. The van der Waals surface area contributed by atoms with Crippen molar-refractivity contribution in [2.75, 3.05) is 6.54 Å². The van der Waals surface area contributed by atoms with E-state index in [9.17, 15) is 0 Å². The highest BCUT2D eigenvalue weighted by atomic mass is 15.0. The normalized spacial score (nSPS) is 26.9. The highest BCUT2D eigenvalue weighted by Crippen LogP contribution is 2.51. The van der Waals surface area contributed by atoms with Gasteiger partial charge in [0.2, 0.25) is 0 Å². The summed E-state index contributed by atoms with van der Waals surface area (Å²) in [6.07, 6.45) is 10.2. The predicted molar refractivity (Wildman–Crippen MR) is 81.4 cm³/mol. The summed E-state index contributed by atoms with van der Waals surface area (Å²) < 4.78 is 0. The van der Waals surface area contributed by atoms with E-state index in [4.69, 9.17) is 0 Å². The summed E-state index contributed by atoms with van der Waals surface area (Å²) in [5.41, 5.74) is 2.15. The summed E-state index contributed by atoms with van der Waals surface area (Å²) in [6, 6.07) is 11.7. The van der Waals surface area contributed by atoms with Crippen LogP contribution in [0.4, 0.5) is 0 Å². The van der Waals surface area contributed by atoms with Crippen LogP contribution in [0.3, 0.4) is 0 Å². The van der Waals surface area contributed by atoms with Gasteiger partial charge in [0.25, 0.3) is 0 Å². The number of benzene rings is 1. The van der Waals surface area contributed by atoms with Crippen molar-refractivity contribution in [1.82, 2.24) is 5.32 Å². The number of nitrogens with one attached hydrogen (secondary N) is 1. The lowest BCUT2D eigenvalue weighted by Gasteiger charge is -2.53. The molecular formula is C18H27N. The second-order valence-corrected chi connectivity index (χ2v) is 6.73. The highest BCUT2D eigenvalue weighted by molar-refractivity contribution is 5.19. The van der Waals surface area contributed by atoms with E-state index in [2.05, 4.69) is 42.6 Å². The zero-order chi connectivity index (χ0) is 13.1. The van der Waals surface area contributed by atoms with Crippen LogP contribution in [-0.4, -0.2) is 12.6 Å². The molecule has 2 fully saturated rings. The molecule has 2 aliphatic rings. The summed E-state index contributed by atoms with van der Waals surface area (Å²) in [5.74, 6) is 0.627. The van der Waals surface area contributed by atoms with Crippen molar-refractivity contribution in [3.05, 3.63) is 35.9 Å². The van der Waals surface area contributed by atoms with Crippen LogP contribution in [0.25, 0.3) is 0 Å². The van der Waals surface area contributed by atoms with Crippen LogP contribution in [0.1, 0.15) is 63.4 Å². The van der Waals surface area contributed by atoms with Gasteiger partial charge in [-0.05, 0) is 42.6 Å². The quantitative estimate of drug-likeness (QED) is 0.838. The van der Waals surface area contributed by atoms with Crippen molar-refractivity contribution in [2.45, 2.75) is 63.8 Å². The Labute approximate surface area is 117 Å². The minimum atomic E-state index is 0.627. The molecule has 0 amide bonds. The van der Waals surface area contributed by atoms with Crippen LogP contribution in [0.2, 0.25) is 0 Å². The van der Waals surface area contributed by atoms with E-state index < -0.39 is 0 Å². The molecule has 1 N–H and O–H groups in total. The van der Waals surface area contributed by atoms with Crippen molar-refractivity contribution in [1.29, 1.82) is 0 Å². The third kappa shape index (κ3) is 2.72. The predicted octanol–water partition coefficient (Wildman–Crippen LogP) is 4.49. The Kier molecular flexibility index (Phi) is 3.93. The van der Waals surface area contributed by atoms with Gasteiger partial charge in [-0.3, -0.25) is 0 Å². The van der Waals surface area contributed by atoms with Crippen LogP contribution in [0.15, 0.2) is 30.3 Å². The molecule has 104 valence electrons. The molecule has 1 spiro atoms. The first-order valence-corrected chi connectivity index (χ1v) is 8.08. The molecule has 0 heterocycles. The molecule has 0 aliphatic heterocycles. The maximum absolute atomic E-state index is 3.88.